The standard InChI is InChI=1S/C41H47N11O4/c1-26-22-29(7-12-32(26)27(2)45-37(54)38-48-39(49-56-38)41(3,4)5)33-23-35(44-25-43-33)46-34-13-6-28(24-42-34)14-16-50-18-20-51(21-19-50)30-8-10-31(11-9-30)52-17-15-36(53)47-40(52)55/h6-13,22-25,27H,14-21H2,1-5H3,(H,45,54)(H,47,53,55)(H,42,43,44,46)/t27-/m1/s1. The Hall–Kier alpha value is -6.22. The van der Waals surface area contributed by atoms with Crippen molar-refractivity contribution in [3.05, 3.63) is 102 Å². The van der Waals surface area contributed by atoms with Gasteiger partial charge >= 0.3 is 17.8 Å². The fourth-order valence-corrected chi connectivity index (χ4v) is 6.81. The van der Waals surface area contributed by atoms with Gasteiger partial charge in [-0.25, -0.2) is 19.7 Å². The first-order chi connectivity index (χ1) is 26.9. The van der Waals surface area contributed by atoms with Crippen LogP contribution in [0.15, 0.2) is 77.7 Å². The van der Waals surface area contributed by atoms with Crippen LogP contribution in [0.3, 0.4) is 0 Å². The number of hydrogen-bond donors (Lipinski definition) is 3. The van der Waals surface area contributed by atoms with E-state index in [-0.39, 0.29) is 29.3 Å². The first kappa shape index (κ1) is 38.1. The molecule has 0 saturated carbocycles. The molecule has 0 radical (unpaired) electrons. The monoisotopic (exact) mass is 757 g/mol. The second-order valence-electron chi connectivity index (χ2n) is 15.3. The Bertz CT molecular complexity index is 2190. The SMILES string of the molecule is Cc1cc(-c2cc(Nc3ccc(CCN4CCN(c5ccc(N6CCC(=O)NC6=O)cc5)CC4)cn3)ncn2)ccc1[C@@H](C)NC(=O)c1nc(C(C)(C)C)no1. The minimum absolute atomic E-state index is 0.0545. The topological polar surface area (TPSA) is 175 Å². The number of carbonyl (C=O) groups excluding carboxylic acids is 3. The van der Waals surface area contributed by atoms with E-state index in [9.17, 15) is 14.4 Å². The Kier molecular flexibility index (Phi) is 11.0. The molecule has 3 N–H and O–H groups in total. The van der Waals surface area contributed by atoms with Crippen molar-refractivity contribution in [3.63, 3.8) is 0 Å². The molecule has 1 atom stereocenters. The van der Waals surface area contributed by atoms with E-state index >= 15 is 0 Å². The minimum Gasteiger partial charge on any atom is -0.369 e. The van der Waals surface area contributed by atoms with Crippen LogP contribution in [0.5, 0.6) is 0 Å². The number of anilines is 4. The molecular formula is C41H47N11O4. The van der Waals surface area contributed by atoms with Gasteiger partial charge in [-0.1, -0.05) is 44.1 Å². The molecule has 0 unspecified atom stereocenters. The van der Waals surface area contributed by atoms with E-state index < -0.39 is 5.91 Å². The quantitative estimate of drug-likeness (QED) is 0.153. The molecule has 2 aliphatic rings. The summed E-state index contributed by atoms with van der Waals surface area (Å²) in [4.78, 5) is 60.8. The Morgan fingerprint density at radius 2 is 1.68 bits per heavy atom. The smallest absolute Gasteiger partial charge is 0.328 e. The Labute approximate surface area is 325 Å². The second-order valence-corrected chi connectivity index (χ2v) is 15.3. The lowest BCUT2D eigenvalue weighted by atomic mass is 9.96. The first-order valence-electron chi connectivity index (χ1n) is 18.9. The van der Waals surface area contributed by atoms with Crippen LogP contribution in [0.2, 0.25) is 0 Å². The number of amides is 4. The van der Waals surface area contributed by atoms with E-state index in [4.69, 9.17) is 4.52 Å². The highest BCUT2D eigenvalue weighted by atomic mass is 16.5. The summed E-state index contributed by atoms with van der Waals surface area (Å²) in [7, 11) is 0. The third-order valence-corrected chi connectivity index (χ3v) is 10.1. The van der Waals surface area contributed by atoms with Gasteiger partial charge < -0.3 is 20.1 Å². The zero-order chi connectivity index (χ0) is 39.4. The average molecular weight is 758 g/mol. The molecule has 0 spiro atoms. The molecule has 2 aliphatic heterocycles. The molecule has 15 heteroatoms. The molecule has 15 nitrogen and oxygen atoms in total. The van der Waals surface area contributed by atoms with Crippen LogP contribution in [0.25, 0.3) is 11.3 Å². The zero-order valence-electron chi connectivity index (χ0n) is 32.4. The van der Waals surface area contributed by atoms with E-state index in [0.29, 0.717) is 30.4 Å². The molecule has 5 heterocycles. The molecule has 56 heavy (non-hydrogen) atoms. The predicted octanol–water partition coefficient (Wildman–Crippen LogP) is 5.57. The molecule has 3 aromatic heterocycles. The van der Waals surface area contributed by atoms with E-state index in [1.54, 1.807) is 4.90 Å². The largest absolute Gasteiger partial charge is 0.369 e. The highest BCUT2D eigenvalue weighted by Crippen LogP contribution is 2.27. The van der Waals surface area contributed by atoms with Crippen LogP contribution in [0.1, 0.15) is 73.4 Å². The summed E-state index contributed by atoms with van der Waals surface area (Å²) in [6.45, 7) is 14.9. The van der Waals surface area contributed by atoms with Crippen LogP contribution in [-0.4, -0.2) is 87.1 Å². The number of piperazine rings is 1. The van der Waals surface area contributed by atoms with Gasteiger partial charge in [-0.2, -0.15) is 4.98 Å². The summed E-state index contributed by atoms with van der Waals surface area (Å²) < 4.78 is 5.21. The number of carbonyl (C=O) groups is 3. The van der Waals surface area contributed by atoms with Gasteiger partial charge in [-0.05, 0) is 73.4 Å². The van der Waals surface area contributed by atoms with Gasteiger partial charge in [0.1, 0.15) is 18.0 Å². The van der Waals surface area contributed by atoms with E-state index in [0.717, 1.165) is 78.5 Å². The van der Waals surface area contributed by atoms with Gasteiger partial charge in [0, 0.05) is 80.3 Å². The fourth-order valence-electron chi connectivity index (χ4n) is 6.81. The lowest BCUT2D eigenvalue weighted by Crippen LogP contribution is -2.49. The predicted molar refractivity (Wildman–Crippen MR) is 213 cm³/mol. The van der Waals surface area contributed by atoms with Crippen LogP contribution in [0, 0.1) is 6.92 Å². The van der Waals surface area contributed by atoms with Crippen LogP contribution >= 0.6 is 0 Å². The highest BCUT2D eigenvalue weighted by Gasteiger charge is 2.26. The van der Waals surface area contributed by atoms with Crippen LogP contribution < -0.4 is 25.8 Å². The molecule has 0 bridgehead atoms. The number of pyridine rings is 1. The molecule has 2 aromatic carbocycles. The van der Waals surface area contributed by atoms with Crippen molar-refractivity contribution in [1.82, 2.24) is 40.6 Å². The van der Waals surface area contributed by atoms with Gasteiger partial charge in [0.25, 0.3) is 0 Å². The third kappa shape index (κ3) is 9.00. The number of rotatable bonds is 11. The molecule has 290 valence electrons. The number of hydrogen-bond acceptors (Lipinski definition) is 12. The second kappa shape index (κ2) is 16.3. The van der Waals surface area contributed by atoms with Crippen molar-refractivity contribution in [2.75, 3.05) is 54.4 Å². The van der Waals surface area contributed by atoms with Gasteiger partial charge in [-0.15, -0.1) is 0 Å². The summed E-state index contributed by atoms with van der Waals surface area (Å²) >= 11 is 0. The molecule has 5 aromatic rings. The summed E-state index contributed by atoms with van der Waals surface area (Å²) in [5, 5.41) is 12.6. The van der Waals surface area contributed by atoms with Crippen molar-refractivity contribution in [3.8, 4) is 11.3 Å². The van der Waals surface area contributed by atoms with Gasteiger partial charge in [-0.3, -0.25) is 24.7 Å². The Morgan fingerprint density at radius 3 is 2.36 bits per heavy atom. The third-order valence-electron chi connectivity index (χ3n) is 10.1. The number of imide groups is 1. The summed E-state index contributed by atoms with van der Waals surface area (Å²) in [5.41, 5.74) is 6.40. The fraction of sp³-hybridized carbons (Fsp3) is 0.366. The van der Waals surface area contributed by atoms with Crippen molar-refractivity contribution in [2.24, 2.45) is 0 Å². The maximum Gasteiger partial charge on any atom is 0.328 e. The lowest BCUT2D eigenvalue weighted by molar-refractivity contribution is -0.120. The lowest BCUT2D eigenvalue weighted by Gasteiger charge is -2.36. The highest BCUT2D eigenvalue weighted by molar-refractivity contribution is 6.05. The zero-order valence-corrected chi connectivity index (χ0v) is 32.4. The van der Waals surface area contributed by atoms with Crippen molar-refractivity contribution in [2.45, 2.75) is 58.9 Å². The molecule has 2 fully saturated rings. The average Bonchev–Trinajstić information content (AvgIpc) is 3.70. The summed E-state index contributed by atoms with van der Waals surface area (Å²) in [5.74, 6) is 1.11. The van der Waals surface area contributed by atoms with Crippen LogP contribution in [-0.2, 0) is 16.6 Å². The molecular weight excluding hydrogens is 711 g/mol. The molecule has 2 saturated heterocycles. The Balaban J connectivity index is 0.877. The van der Waals surface area contributed by atoms with E-state index in [2.05, 4.69) is 56.9 Å². The van der Waals surface area contributed by atoms with Crippen molar-refractivity contribution in [1.29, 1.82) is 0 Å². The number of nitrogens with zero attached hydrogens (tertiary/aromatic N) is 8. The number of aromatic nitrogens is 5. The normalized spacial score (nSPS) is 15.7. The van der Waals surface area contributed by atoms with Crippen LogP contribution in [0.4, 0.5) is 27.8 Å². The van der Waals surface area contributed by atoms with Gasteiger partial charge in [0.05, 0.1) is 11.7 Å². The van der Waals surface area contributed by atoms with Crippen molar-refractivity contribution >= 4 is 40.9 Å². The summed E-state index contributed by atoms with van der Waals surface area (Å²) in [6.07, 6.45) is 4.64. The first-order valence-corrected chi connectivity index (χ1v) is 18.9. The Morgan fingerprint density at radius 1 is 0.911 bits per heavy atom. The van der Waals surface area contributed by atoms with Gasteiger partial charge in [0.15, 0.2) is 5.82 Å². The van der Waals surface area contributed by atoms with Gasteiger partial charge in [0.2, 0.25) is 5.91 Å². The maximum absolute atomic E-state index is 12.8. The van der Waals surface area contributed by atoms with E-state index in [1.807, 2.05) is 95.4 Å². The number of aryl methyl sites for hydroxylation is 1. The molecule has 4 amide bonds. The minimum atomic E-state index is -0.416. The number of benzene rings is 2. The van der Waals surface area contributed by atoms with Crippen molar-refractivity contribution < 1.29 is 18.9 Å². The summed E-state index contributed by atoms with van der Waals surface area (Å²) in [6, 6.07) is 19.3. The molecule has 7 rings (SSSR count). The molecule has 0 aliphatic carbocycles. The number of urea groups is 1. The van der Waals surface area contributed by atoms with E-state index in [1.165, 1.54) is 6.33 Å². The maximum atomic E-state index is 12.8. The number of nitrogens with one attached hydrogen (secondary N) is 3.